The number of pyridine rings is 1. The molecule has 1 heterocycles. The van der Waals surface area contributed by atoms with Gasteiger partial charge in [0.2, 0.25) is 0 Å². The third-order valence-corrected chi connectivity index (χ3v) is 3.68. The predicted molar refractivity (Wildman–Crippen MR) is 72.2 cm³/mol. The highest BCUT2D eigenvalue weighted by Crippen LogP contribution is 2.38. The fraction of sp³-hybridized carbons (Fsp3) is 0.400. The summed E-state index contributed by atoms with van der Waals surface area (Å²) in [6.07, 6.45) is 1.37. The summed E-state index contributed by atoms with van der Waals surface area (Å²) in [5, 5.41) is 4.81. The Morgan fingerprint density at radius 1 is 1.35 bits per heavy atom. The van der Waals surface area contributed by atoms with E-state index in [2.05, 4.69) is 48.4 Å². The van der Waals surface area contributed by atoms with Crippen molar-refractivity contribution in [2.75, 3.05) is 11.9 Å². The lowest BCUT2D eigenvalue weighted by Crippen LogP contribution is -2.05. The second-order valence-corrected chi connectivity index (χ2v) is 5.18. The number of anilines is 1. The molecule has 0 bridgehead atoms. The van der Waals surface area contributed by atoms with E-state index in [1.165, 1.54) is 17.5 Å². The molecule has 1 aliphatic rings. The zero-order valence-corrected chi connectivity index (χ0v) is 10.4. The second-order valence-electron chi connectivity index (χ2n) is 5.18. The molecule has 1 N–H and O–H groups in total. The van der Waals surface area contributed by atoms with Gasteiger partial charge in [0.25, 0.3) is 0 Å². The molecule has 88 valence electrons. The molecule has 2 atom stereocenters. The topological polar surface area (TPSA) is 24.9 Å². The van der Waals surface area contributed by atoms with Gasteiger partial charge in [-0.3, -0.25) is 4.98 Å². The van der Waals surface area contributed by atoms with Crippen LogP contribution in [0, 0.1) is 18.8 Å². The van der Waals surface area contributed by atoms with Crippen LogP contribution < -0.4 is 5.32 Å². The van der Waals surface area contributed by atoms with E-state index in [4.69, 9.17) is 0 Å². The van der Waals surface area contributed by atoms with Crippen molar-refractivity contribution in [2.24, 2.45) is 11.8 Å². The quantitative estimate of drug-likeness (QED) is 0.864. The number of aryl methyl sites for hydroxylation is 1. The molecule has 0 spiro atoms. The Morgan fingerprint density at radius 2 is 2.12 bits per heavy atom. The van der Waals surface area contributed by atoms with Crippen LogP contribution in [0.15, 0.2) is 30.3 Å². The number of benzene rings is 1. The van der Waals surface area contributed by atoms with E-state index in [1.54, 1.807) is 0 Å². The average Bonchev–Trinajstić information content (AvgIpc) is 3.02. The van der Waals surface area contributed by atoms with Crippen LogP contribution in [-0.4, -0.2) is 11.5 Å². The lowest BCUT2D eigenvalue weighted by molar-refractivity contribution is 0.787. The SMILES string of the molecule is Cc1cc(NCC2CC2C)c2ccccc2n1. The first-order valence-electron chi connectivity index (χ1n) is 6.34. The lowest BCUT2D eigenvalue weighted by atomic mass is 10.1. The van der Waals surface area contributed by atoms with Crippen molar-refractivity contribution in [3.63, 3.8) is 0 Å². The summed E-state index contributed by atoms with van der Waals surface area (Å²) in [5.74, 6) is 1.76. The zero-order chi connectivity index (χ0) is 11.8. The Morgan fingerprint density at radius 3 is 2.88 bits per heavy atom. The van der Waals surface area contributed by atoms with Crippen LogP contribution in [0.3, 0.4) is 0 Å². The number of para-hydroxylation sites is 1. The van der Waals surface area contributed by atoms with Crippen molar-refractivity contribution in [3.8, 4) is 0 Å². The van der Waals surface area contributed by atoms with Crippen molar-refractivity contribution >= 4 is 16.6 Å². The molecular weight excluding hydrogens is 208 g/mol. The first-order valence-corrected chi connectivity index (χ1v) is 6.34. The van der Waals surface area contributed by atoms with Gasteiger partial charge < -0.3 is 5.32 Å². The van der Waals surface area contributed by atoms with Gasteiger partial charge in [0.15, 0.2) is 0 Å². The van der Waals surface area contributed by atoms with E-state index in [1.807, 2.05) is 6.07 Å². The normalized spacial score (nSPS) is 22.7. The molecule has 2 nitrogen and oxygen atoms in total. The molecule has 3 rings (SSSR count). The monoisotopic (exact) mass is 226 g/mol. The summed E-state index contributed by atoms with van der Waals surface area (Å²) in [6, 6.07) is 10.5. The van der Waals surface area contributed by atoms with Gasteiger partial charge in [-0.2, -0.15) is 0 Å². The van der Waals surface area contributed by atoms with Crippen LogP contribution in [-0.2, 0) is 0 Å². The number of aromatic nitrogens is 1. The van der Waals surface area contributed by atoms with E-state index in [9.17, 15) is 0 Å². The molecule has 1 fully saturated rings. The highest BCUT2D eigenvalue weighted by Gasteiger charge is 2.31. The van der Waals surface area contributed by atoms with E-state index < -0.39 is 0 Å². The van der Waals surface area contributed by atoms with E-state index >= 15 is 0 Å². The van der Waals surface area contributed by atoms with Gasteiger partial charge in [-0.15, -0.1) is 0 Å². The number of rotatable bonds is 3. The molecular formula is C15H18N2. The van der Waals surface area contributed by atoms with Crippen molar-refractivity contribution in [2.45, 2.75) is 20.3 Å². The Labute approximate surface area is 102 Å². The molecule has 1 aromatic carbocycles. The minimum atomic E-state index is 0.863. The van der Waals surface area contributed by atoms with Gasteiger partial charge in [0, 0.05) is 23.3 Å². The fourth-order valence-electron chi connectivity index (χ4n) is 2.38. The maximum Gasteiger partial charge on any atom is 0.0725 e. The minimum absolute atomic E-state index is 0.863. The van der Waals surface area contributed by atoms with Gasteiger partial charge in [0.05, 0.1) is 5.52 Å². The zero-order valence-electron chi connectivity index (χ0n) is 10.4. The Balaban J connectivity index is 1.91. The highest BCUT2D eigenvalue weighted by molar-refractivity contribution is 5.91. The van der Waals surface area contributed by atoms with E-state index in [0.717, 1.165) is 29.6 Å². The highest BCUT2D eigenvalue weighted by atomic mass is 14.9. The standard InChI is InChI=1S/C15H18N2/c1-10-7-12(10)9-16-15-8-11(2)17-14-6-4-3-5-13(14)15/h3-6,8,10,12H,7,9H2,1-2H3,(H,16,17). The number of fused-ring (bicyclic) bond motifs is 1. The largest absolute Gasteiger partial charge is 0.384 e. The van der Waals surface area contributed by atoms with Crippen LogP contribution in [0.25, 0.3) is 10.9 Å². The number of nitrogens with zero attached hydrogens (tertiary/aromatic N) is 1. The lowest BCUT2D eigenvalue weighted by Gasteiger charge is -2.10. The summed E-state index contributed by atoms with van der Waals surface area (Å²) in [7, 11) is 0. The molecule has 0 radical (unpaired) electrons. The first kappa shape index (κ1) is 10.6. The van der Waals surface area contributed by atoms with Gasteiger partial charge in [0.1, 0.15) is 0 Å². The summed E-state index contributed by atoms with van der Waals surface area (Å²) >= 11 is 0. The molecule has 2 unspecified atom stereocenters. The van der Waals surface area contributed by atoms with Gasteiger partial charge >= 0.3 is 0 Å². The maximum absolute atomic E-state index is 4.55. The Bertz CT molecular complexity index is 548. The van der Waals surface area contributed by atoms with Crippen LogP contribution in [0.5, 0.6) is 0 Å². The molecule has 0 amide bonds. The van der Waals surface area contributed by atoms with Gasteiger partial charge in [-0.25, -0.2) is 0 Å². The summed E-state index contributed by atoms with van der Waals surface area (Å²) < 4.78 is 0. The van der Waals surface area contributed by atoms with Crippen LogP contribution in [0.4, 0.5) is 5.69 Å². The van der Waals surface area contributed by atoms with E-state index in [0.29, 0.717) is 0 Å². The summed E-state index contributed by atoms with van der Waals surface area (Å²) in [4.78, 5) is 4.55. The first-order chi connectivity index (χ1) is 8.24. The molecule has 1 aliphatic carbocycles. The predicted octanol–water partition coefficient (Wildman–Crippen LogP) is 3.61. The average molecular weight is 226 g/mol. The van der Waals surface area contributed by atoms with Crippen molar-refractivity contribution < 1.29 is 0 Å². The second kappa shape index (κ2) is 4.02. The molecule has 0 saturated heterocycles. The van der Waals surface area contributed by atoms with Gasteiger partial charge in [-0.1, -0.05) is 25.1 Å². The fourth-order valence-corrected chi connectivity index (χ4v) is 2.38. The molecule has 2 heteroatoms. The molecule has 17 heavy (non-hydrogen) atoms. The molecule has 1 aromatic heterocycles. The Kier molecular flexibility index (Phi) is 2.50. The third kappa shape index (κ3) is 2.12. The number of hydrogen-bond donors (Lipinski definition) is 1. The van der Waals surface area contributed by atoms with Crippen LogP contribution in [0.2, 0.25) is 0 Å². The molecule has 1 saturated carbocycles. The summed E-state index contributed by atoms with van der Waals surface area (Å²) in [6.45, 7) is 5.47. The molecule has 2 aromatic rings. The van der Waals surface area contributed by atoms with Crippen molar-refractivity contribution in [1.82, 2.24) is 4.98 Å². The molecule has 0 aliphatic heterocycles. The minimum Gasteiger partial charge on any atom is -0.384 e. The van der Waals surface area contributed by atoms with E-state index in [-0.39, 0.29) is 0 Å². The summed E-state index contributed by atoms with van der Waals surface area (Å²) in [5.41, 5.74) is 3.39. The third-order valence-electron chi connectivity index (χ3n) is 3.68. The van der Waals surface area contributed by atoms with Crippen molar-refractivity contribution in [3.05, 3.63) is 36.0 Å². The maximum atomic E-state index is 4.55. The van der Waals surface area contributed by atoms with Crippen LogP contribution in [0.1, 0.15) is 19.0 Å². The van der Waals surface area contributed by atoms with Crippen molar-refractivity contribution in [1.29, 1.82) is 0 Å². The Hall–Kier alpha value is -1.57. The number of hydrogen-bond acceptors (Lipinski definition) is 2. The smallest absolute Gasteiger partial charge is 0.0725 e. The van der Waals surface area contributed by atoms with Crippen LogP contribution >= 0.6 is 0 Å². The van der Waals surface area contributed by atoms with Gasteiger partial charge in [-0.05, 0) is 37.3 Å². The number of nitrogens with one attached hydrogen (secondary N) is 1.